The van der Waals surface area contributed by atoms with Gasteiger partial charge in [-0.15, -0.1) is 0 Å². The SMILES string of the molecule is CCOC(CCN(C)C)CN=C(N(C)C)N(C)C. The minimum Gasteiger partial charge on any atom is -0.377 e. The Morgan fingerprint density at radius 3 is 2.00 bits per heavy atom. The fourth-order valence-electron chi connectivity index (χ4n) is 1.73. The van der Waals surface area contributed by atoms with Gasteiger partial charge in [-0.05, 0) is 27.4 Å². The number of rotatable bonds is 7. The molecule has 5 heteroatoms. The molecule has 0 amide bonds. The van der Waals surface area contributed by atoms with E-state index in [0.29, 0.717) is 6.54 Å². The molecular formula is C13H30N4O. The van der Waals surface area contributed by atoms with Crippen LogP contribution in [0.4, 0.5) is 0 Å². The smallest absolute Gasteiger partial charge is 0.195 e. The summed E-state index contributed by atoms with van der Waals surface area (Å²) in [4.78, 5) is 10.9. The maximum absolute atomic E-state index is 5.73. The van der Waals surface area contributed by atoms with Crippen LogP contribution in [0.3, 0.4) is 0 Å². The molecule has 0 spiro atoms. The molecule has 1 atom stereocenters. The number of guanidine groups is 1. The van der Waals surface area contributed by atoms with Crippen molar-refractivity contribution in [3.05, 3.63) is 0 Å². The number of hydrogen-bond donors (Lipinski definition) is 0. The quantitative estimate of drug-likeness (QED) is 0.500. The molecule has 18 heavy (non-hydrogen) atoms. The van der Waals surface area contributed by atoms with Gasteiger partial charge in [0, 0.05) is 41.3 Å². The molecule has 0 aliphatic heterocycles. The van der Waals surface area contributed by atoms with Crippen LogP contribution >= 0.6 is 0 Å². The predicted octanol–water partition coefficient (Wildman–Crippen LogP) is 0.822. The summed E-state index contributed by atoms with van der Waals surface area (Å²) in [6.45, 7) is 4.52. The Balaban J connectivity index is 4.41. The second-order valence-corrected chi connectivity index (χ2v) is 5.10. The molecule has 5 nitrogen and oxygen atoms in total. The maximum atomic E-state index is 5.73. The summed E-state index contributed by atoms with van der Waals surface area (Å²) >= 11 is 0. The van der Waals surface area contributed by atoms with Crippen LogP contribution in [0.2, 0.25) is 0 Å². The zero-order valence-electron chi connectivity index (χ0n) is 13.1. The van der Waals surface area contributed by atoms with Crippen LogP contribution in [-0.4, -0.2) is 88.7 Å². The van der Waals surface area contributed by atoms with Gasteiger partial charge in [0.25, 0.3) is 0 Å². The summed E-state index contributed by atoms with van der Waals surface area (Å²) in [5.74, 6) is 0.976. The first-order chi connectivity index (χ1) is 8.38. The van der Waals surface area contributed by atoms with Gasteiger partial charge < -0.3 is 19.4 Å². The van der Waals surface area contributed by atoms with Gasteiger partial charge in [-0.25, -0.2) is 0 Å². The largest absolute Gasteiger partial charge is 0.377 e. The van der Waals surface area contributed by atoms with Crippen molar-refractivity contribution in [1.29, 1.82) is 0 Å². The second kappa shape index (κ2) is 9.16. The lowest BCUT2D eigenvalue weighted by Crippen LogP contribution is -2.36. The van der Waals surface area contributed by atoms with Crippen molar-refractivity contribution in [3.8, 4) is 0 Å². The van der Waals surface area contributed by atoms with E-state index in [1.807, 2.05) is 44.9 Å². The molecule has 0 aliphatic rings. The van der Waals surface area contributed by atoms with Crippen molar-refractivity contribution < 1.29 is 4.74 Å². The summed E-state index contributed by atoms with van der Waals surface area (Å²) in [6.07, 6.45) is 1.21. The lowest BCUT2D eigenvalue weighted by atomic mass is 10.2. The summed E-state index contributed by atoms with van der Waals surface area (Å²) in [6, 6.07) is 0. The lowest BCUT2D eigenvalue weighted by Gasteiger charge is -2.24. The second-order valence-electron chi connectivity index (χ2n) is 5.10. The van der Waals surface area contributed by atoms with E-state index in [9.17, 15) is 0 Å². The Morgan fingerprint density at radius 1 is 1.06 bits per heavy atom. The molecule has 0 heterocycles. The van der Waals surface area contributed by atoms with Gasteiger partial charge in [-0.1, -0.05) is 0 Å². The summed E-state index contributed by atoms with van der Waals surface area (Å²) in [5.41, 5.74) is 0. The number of nitrogens with zero attached hydrogens (tertiary/aromatic N) is 4. The van der Waals surface area contributed by atoms with E-state index in [4.69, 9.17) is 4.74 Å². The third kappa shape index (κ3) is 7.50. The van der Waals surface area contributed by atoms with E-state index >= 15 is 0 Å². The van der Waals surface area contributed by atoms with E-state index in [1.54, 1.807) is 0 Å². The molecule has 108 valence electrons. The Hall–Kier alpha value is -0.810. The number of ether oxygens (including phenoxy) is 1. The molecule has 0 aliphatic carbocycles. The molecule has 0 saturated carbocycles. The first-order valence-electron chi connectivity index (χ1n) is 6.53. The average Bonchev–Trinajstić information content (AvgIpc) is 2.24. The van der Waals surface area contributed by atoms with Crippen LogP contribution in [0.5, 0.6) is 0 Å². The molecule has 1 unspecified atom stereocenters. The van der Waals surface area contributed by atoms with E-state index in [-0.39, 0.29) is 6.10 Å². The molecule has 0 bridgehead atoms. The summed E-state index contributed by atoms with van der Waals surface area (Å²) in [7, 11) is 12.2. The van der Waals surface area contributed by atoms with Gasteiger partial charge in [0.1, 0.15) is 0 Å². The highest BCUT2D eigenvalue weighted by atomic mass is 16.5. The number of hydrogen-bond acceptors (Lipinski definition) is 3. The van der Waals surface area contributed by atoms with Crippen LogP contribution in [0.25, 0.3) is 0 Å². The van der Waals surface area contributed by atoms with Crippen LogP contribution in [0, 0.1) is 0 Å². The summed E-state index contributed by atoms with van der Waals surface area (Å²) < 4.78 is 5.73. The third-order valence-corrected chi connectivity index (χ3v) is 2.54. The molecule has 0 N–H and O–H groups in total. The van der Waals surface area contributed by atoms with Crippen LogP contribution in [0.1, 0.15) is 13.3 Å². The first kappa shape index (κ1) is 17.2. The van der Waals surface area contributed by atoms with Gasteiger partial charge in [-0.3, -0.25) is 4.99 Å². The molecule has 0 saturated heterocycles. The van der Waals surface area contributed by atoms with Crippen LogP contribution in [0.15, 0.2) is 4.99 Å². The fraction of sp³-hybridized carbons (Fsp3) is 0.923. The van der Waals surface area contributed by atoms with Gasteiger partial charge in [0.2, 0.25) is 0 Å². The van der Waals surface area contributed by atoms with E-state index in [1.165, 1.54) is 0 Å². The van der Waals surface area contributed by atoms with Gasteiger partial charge >= 0.3 is 0 Å². The third-order valence-electron chi connectivity index (χ3n) is 2.54. The Bertz CT molecular complexity index is 229. The van der Waals surface area contributed by atoms with E-state index in [2.05, 4.69) is 24.0 Å². The van der Waals surface area contributed by atoms with Gasteiger partial charge in [0.05, 0.1) is 12.6 Å². The lowest BCUT2D eigenvalue weighted by molar-refractivity contribution is 0.0580. The summed E-state index contributed by atoms with van der Waals surface area (Å²) in [5, 5.41) is 0. The zero-order valence-corrected chi connectivity index (χ0v) is 13.1. The normalized spacial score (nSPS) is 12.4. The average molecular weight is 258 g/mol. The zero-order chi connectivity index (χ0) is 14.1. The predicted molar refractivity (Wildman–Crippen MR) is 78.3 cm³/mol. The molecule has 0 aromatic rings. The first-order valence-corrected chi connectivity index (χ1v) is 6.53. The minimum absolute atomic E-state index is 0.201. The standard InChI is InChI=1S/C13H30N4O/c1-8-18-12(9-10-15(2)3)11-14-13(16(4)5)17(6)7/h12H,8-11H2,1-7H3. The maximum Gasteiger partial charge on any atom is 0.195 e. The molecule has 0 aromatic carbocycles. The highest BCUT2D eigenvalue weighted by Crippen LogP contribution is 2.02. The molecule has 0 rings (SSSR count). The molecular weight excluding hydrogens is 228 g/mol. The van der Waals surface area contributed by atoms with E-state index < -0.39 is 0 Å². The minimum atomic E-state index is 0.201. The number of aliphatic imine (C=N–C) groups is 1. The Labute approximate surface area is 112 Å². The van der Waals surface area contributed by atoms with Crippen molar-refractivity contribution in [1.82, 2.24) is 14.7 Å². The van der Waals surface area contributed by atoms with Gasteiger partial charge in [0.15, 0.2) is 5.96 Å². The topological polar surface area (TPSA) is 31.3 Å². The van der Waals surface area contributed by atoms with Crippen molar-refractivity contribution in [3.63, 3.8) is 0 Å². The van der Waals surface area contributed by atoms with E-state index in [0.717, 1.165) is 25.5 Å². The van der Waals surface area contributed by atoms with Gasteiger partial charge in [-0.2, -0.15) is 0 Å². The van der Waals surface area contributed by atoms with Crippen molar-refractivity contribution in [2.75, 3.05) is 62.0 Å². The Morgan fingerprint density at radius 2 is 1.61 bits per heavy atom. The highest BCUT2D eigenvalue weighted by Gasteiger charge is 2.10. The highest BCUT2D eigenvalue weighted by molar-refractivity contribution is 5.79. The van der Waals surface area contributed by atoms with Crippen molar-refractivity contribution in [2.24, 2.45) is 4.99 Å². The molecule has 0 aromatic heterocycles. The van der Waals surface area contributed by atoms with Crippen molar-refractivity contribution in [2.45, 2.75) is 19.4 Å². The van der Waals surface area contributed by atoms with Crippen LogP contribution in [-0.2, 0) is 4.74 Å². The molecule has 0 fully saturated rings. The fourth-order valence-corrected chi connectivity index (χ4v) is 1.73. The van der Waals surface area contributed by atoms with Crippen LogP contribution < -0.4 is 0 Å². The molecule has 0 radical (unpaired) electrons. The Kier molecular flexibility index (Phi) is 8.75. The monoisotopic (exact) mass is 258 g/mol. The van der Waals surface area contributed by atoms with Crippen molar-refractivity contribution >= 4 is 5.96 Å².